The van der Waals surface area contributed by atoms with E-state index in [4.69, 9.17) is 0 Å². The van der Waals surface area contributed by atoms with Crippen molar-refractivity contribution in [3.63, 3.8) is 0 Å². The summed E-state index contributed by atoms with van der Waals surface area (Å²) in [6.45, 7) is 4.02. The van der Waals surface area contributed by atoms with Gasteiger partial charge in [-0.15, -0.1) is 11.3 Å². The van der Waals surface area contributed by atoms with Gasteiger partial charge in [-0.05, 0) is 32.9 Å². The molecule has 2 N–H and O–H groups in total. The van der Waals surface area contributed by atoms with Gasteiger partial charge in [-0.1, -0.05) is 0 Å². The van der Waals surface area contributed by atoms with Gasteiger partial charge in [-0.3, -0.25) is 4.79 Å². The van der Waals surface area contributed by atoms with E-state index in [-0.39, 0.29) is 5.91 Å². The van der Waals surface area contributed by atoms with Crippen LogP contribution < -0.4 is 10.6 Å². The minimum atomic E-state index is -0.0183. The number of aromatic nitrogens is 1. The Morgan fingerprint density at radius 1 is 1.50 bits per heavy atom. The normalized spacial score (nSPS) is 17.4. The summed E-state index contributed by atoms with van der Waals surface area (Å²) in [6.07, 6.45) is 2.25. The molecule has 2 rings (SSSR count). The highest BCUT2D eigenvalue weighted by Gasteiger charge is 2.21. The first-order valence-electron chi connectivity index (χ1n) is 5.62. The number of carbonyl (C=O) groups excluding carboxylic acids is 1. The predicted molar refractivity (Wildman–Crippen MR) is 65.1 cm³/mol. The topological polar surface area (TPSA) is 54.0 Å². The van der Waals surface area contributed by atoms with Crippen LogP contribution in [0, 0.1) is 6.92 Å². The van der Waals surface area contributed by atoms with E-state index < -0.39 is 0 Å². The number of aryl methyl sites for hydroxylation is 1. The Morgan fingerprint density at radius 3 is 2.81 bits per heavy atom. The number of nitrogens with zero attached hydrogens (tertiary/aromatic N) is 1. The molecular formula is C11H17N3OS. The Morgan fingerprint density at radius 2 is 2.19 bits per heavy atom. The van der Waals surface area contributed by atoms with Gasteiger partial charge in [0.2, 0.25) is 0 Å². The van der Waals surface area contributed by atoms with E-state index in [2.05, 4.69) is 15.6 Å². The highest BCUT2D eigenvalue weighted by Crippen LogP contribution is 2.30. The lowest BCUT2D eigenvalue weighted by Crippen LogP contribution is -2.26. The Hall–Kier alpha value is -0.940. The summed E-state index contributed by atoms with van der Waals surface area (Å²) in [6, 6.07) is 0. The molecule has 2 heterocycles. The molecule has 0 saturated carbocycles. The van der Waals surface area contributed by atoms with E-state index in [1.165, 1.54) is 0 Å². The van der Waals surface area contributed by atoms with Crippen molar-refractivity contribution in [1.29, 1.82) is 0 Å². The molecule has 4 nitrogen and oxygen atoms in total. The maximum atomic E-state index is 11.6. The monoisotopic (exact) mass is 239 g/mol. The third kappa shape index (κ3) is 2.25. The number of hydrogen-bond acceptors (Lipinski definition) is 4. The van der Waals surface area contributed by atoms with Crippen molar-refractivity contribution in [2.45, 2.75) is 25.7 Å². The van der Waals surface area contributed by atoms with Crippen LogP contribution in [0.4, 0.5) is 0 Å². The molecular weight excluding hydrogens is 222 g/mol. The number of amides is 1. The van der Waals surface area contributed by atoms with Crippen LogP contribution in [0.2, 0.25) is 0 Å². The molecule has 0 aromatic carbocycles. The van der Waals surface area contributed by atoms with Gasteiger partial charge in [0.15, 0.2) is 0 Å². The minimum Gasteiger partial charge on any atom is -0.354 e. The lowest BCUT2D eigenvalue weighted by molar-refractivity contribution is 0.0966. The molecule has 0 unspecified atom stereocenters. The fraction of sp³-hybridized carbons (Fsp3) is 0.636. The molecule has 1 aliphatic heterocycles. The summed E-state index contributed by atoms with van der Waals surface area (Å²) in [5.41, 5.74) is 0.859. The molecule has 1 amide bonds. The minimum absolute atomic E-state index is 0.0183. The van der Waals surface area contributed by atoms with Gasteiger partial charge in [-0.25, -0.2) is 4.98 Å². The molecule has 16 heavy (non-hydrogen) atoms. The number of thiazole rings is 1. The van der Waals surface area contributed by atoms with Crippen molar-refractivity contribution in [1.82, 2.24) is 15.6 Å². The van der Waals surface area contributed by atoms with Gasteiger partial charge in [0.1, 0.15) is 4.88 Å². The fourth-order valence-corrected chi connectivity index (χ4v) is 3.17. The quantitative estimate of drug-likeness (QED) is 0.817. The molecule has 0 bridgehead atoms. The number of carbonyl (C=O) groups is 1. The van der Waals surface area contributed by atoms with Crippen molar-refractivity contribution in [2.24, 2.45) is 0 Å². The standard InChI is InChI=1S/C11H17N3OS/c1-7-9(10(15)12-2)16-11(14-7)8-3-5-13-6-4-8/h8,13H,3-6H2,1-2H3,(H,12,15). The van der Waals surface area contributed by atoms with Gasteiger partial charge in [-0.2, -0.15) is 0 Å². The van der Waals surface area contributed by atoms with Crippen molar-refractivity contribution in [2.75, 3.05) is 20.1 Å². The number of piperidine rings is 1. The number of nitrogens with one attached hydrogen (secondary N) is 2. The second kappa shape index (κ2) is 4.93. The zero-order valence-corrected chi connectivity index (χ0v) is 10.5. The van der Waals surface area contributed by atoms with E-state index >= 15 is 0 Å². The van der Waals surface area contributed by atoms with E-state index in [0.29, 0.717) is 5.92 Å². The van der Waals surface area contributed by atoms with Gasteiger partial charge >= 0.3 is 0 Å². The Balaban J connectivity index is 2.19. The van der Waals surface area contributed by atoms with E-state index in [1.807, 2.05) is 6.92 Å². The van der Waals surface area contributed by atoms with E-state index in [0.717, 1.165) is 41.5 Å². The maximum absolute atomic E-state index is 11.6. The summed E-state index contributed by atoms with van der Waals surface area (Å²) in [5, 5.41) is 7.12. The van der Waals surface area contributed by atoms with Crippen molar-refractivity contribution >= 4 is 17.2 Å². The van der Waals surface area contributed by atoms with Crippen molar-refractivity contribution in [3.05, 3.63) is 15.6 Å². The second-order valence-electron chi connectivity index (χ2n) is 4.07. The van der Waals surface area contributed by atoms with E-state index in [1.54, 1.807) is 18.4 Å². The van der Waals surface area contributed by atoms with Crippen molar-refractivity contribution in [3.8, 4) is 0 Å². The molecule has 0 spiro atoms. The SMILES string of the molecule is CNC(=O)c1sc(C2CCNCC2)nc1C. The predicted octanol–water partition coefficient (Wildman–Crippen LogP) is 1.28. The highest BCUT2D eigenvalue weighted by molar-refractivity contribution is 7.13. The van der Waals surface area contributed by atoms with Gasteiger partial charge < -0.3 is 10.6 Å². The third-order valence-electron chi connectivity index (χ3n) is 2.93. The first kappa shape index (κ1) is 11.5. The molecule has 1 aromatic rings. The Labute approximate surface area is 99.5 Å². The van der Waals surface area contributed by atoms with E-state index in [9.17, 15) is 4.79 Å². The van der Waals surface area contributed by atoms with Gasteiger partial charge in [0, 0.05) is 13.0 Å². The number of rotatable bonds is 2. The fourth-order valence-electron chi connectivity index (χ4n) is 1.98. The lowest BCUT2D eigenvalue weighted by Gasteiger charge is -2.20. The van der Waals surface area contributed by atoms with Crippen LogP contribution in [0.15, 0.2) is 0 Å². The second-order valence-corrected chi connectivity index (χ2v) is 5.10. The zero-order chi connectivity index (χ0) is 11.5. The largest absolute Gasteiger partial charge is 0.354 e. The summed E-state index contributed by atoms with van der Waals surface area (Å²) >= 11 is 1.55. The Bertz CT molecular complexity index is 383. The average molecular weight is 239 g/mol. The Kier molecular flexibility index (Phi) is 3.56. The maximum Gasteiger partial charge on any atom is 0.263 e. The molecule has 1 aromatic heterocycles. The van der Waals surface area contributed by atoms with Crippen molar-refractivity contribution < 1.29 is 4.79 Å². The highest BCUT2D eigenvalue weighted by atomic mass is 32.1. The van der Waals surface area contributed by atoms with Crippen LogP contribution in [0.1, 0.15) is 39.1 Å². The summed E-state index contributed by atoms with van der Waals surface area (Å²) in [7, 11) is 1.66. The molecule has 1 fully saturated rings. The van der Waals surface area contributed by atoms with Crippen LogP contribution in [-0.2, 0) is 0 Å². The average Bonchev–Trinajstić information content (AvgIpc) is 2.71. The molecule has 1 saturated heterocycles. The van der Waals surface area contributed by atoms with Gasteiger partial charge in [0.25, 0.3) is 5.91 Å². The lowest BCUT2D eigenvalue weighted by atomic mass is 9.99. The summed E-state index contributed by atoms with van der Waals surface area (Å²) < 4.78 is 0. The molecule has 1 aliphatic rings. The molecule has 88 valence electrons. The van der Waals surface area contributed by atoms with Crippen LogP contribution >= 0.6 is 11.3 Å². The molecule has 0 radical (unpaired) electrons. The zero-order valence-electron chi connectivity index (χ0n) is 9.67. The first-order valence-corrected chi connectivity index (χ1v) is 6.44. The molecule has 0 aliphatic carbocycles. The third-order valence-corrected chi connectivity index (χ3v) is 4.25. The van der Waals surface area contributed by atoms with Crippen LogP contribution in [-0.4, -0.2) is 31.0 Å². The molecule has 5 heteroatoms. The molecule has 0 atom stereocenters. The van der Waals surface area contributed by atoms with Crippen LogP contribution in [0.5, 0.6) is 0 Å². The number of hydrogen-bond donors (Lipinski definition) is 2. The summed E-state index contributed by atoms with van der Waals surface area (Å²) in [5.74, 6) is 0.513. The smallest absolute Gasteiger partial charge is 0.263 e. The van der Waals surface area contributed by atoms with Crippen LogP contribution in [0.25, 0.3) is 0 Å². The first-order chi connectivity index (χ1) is 7.72. The van der Waals surface area contributed by atoms with Gasteiger partial charge in [0.05, 0.1) is 10.7 Å². The van der Waals surface area contributed by atoms with Crippen LogP contribution in [0.3, 0.4) is 0 Å². The summed E-state index contributed by atoms with van der Waals surface area (Å²) in [4.78, 5) is 16.9.